The van der Waals surface area contributed by atoms with Gasteiger partial charge in [0.1, 0.15) is 0 Å². The molecule has 0 unspecified atom stereocenters. The zero-order valence-corrected chi connectivity index (χ0v) is 12.0. The maximum atomic E-state index is 12.0. The van der Waals surface area contributed by atoms with Crippen molar-refractivity contribution in [3.05, 3.63) is 51.0 Å². The average molecular weight is 317 g/mol. The van der Waals surface area contributed by atoms with Crippen LogP contribution in [0.15, 0.2) is 24.4 Å². The number of nitrogens with zero attached hydrogens (tertiary/aromatic N) is 2. The Hall–Kier alpha value is -1.36. The van der Waals surface area contributed by atoms with Gasteiger partial charge in [-0.05, 0) is 36.7 Å². The van der Waals surface area contributed by atoms with E-state index < -0.39 is 0 Å². The van der Waals surface area contributed by atoms with Crippen molar-refractivity contribution in [2.24, 2.45) is 0 Å². The lowest BCUT2D eigenvalue weighted by Gasteiger charge is -2.07. The van der Waals surface area contributed by atoms with E-state index >= 15 is 0 Å². The molecule has 0 spiro atoms. The smallest absolute Gasteiger partial charge is 0.259 e. The van der Waals surface area contributed by atoms with Gasteiger partial charge in [0, 0.05) is 21.9 Å². The van der Waals surface area contributed by atoms with Crippen LogP contribution in [-0.2, 0) is 0 Å². The summed E-state index contributed by atoms with van der Waals surface area (Å²) >= 11 is 17.3. The Labute approximate surface area is 124 Å². The summed E-state index contributed by atoms with van der Waals surface area (Å²) < 4.78 is 0. The number of carbonyl (C=O) groups is 1. The molecule has 98 valence electrons. The van der Waals surface area contributed by atoms with E-state index in [1.165, 1.54) is 6.20 Å². The summed E-state index contributed by atoms with van der Waals surface area (Å²) in [6.07, 6.45) is 1.37. The van der Waals surface area contributed by atoms with Crippen LogP contribution in [0.2, 0.25) is 15.3 Å². The van der Waals surface area contributed by atoms with Crippen LogP contribution in [-0.4, -0.2) is 15.9 Å². The second-order valence-electron chi connectivity index (χ2n) is 3.75. The Bertz CT molecular complexity index is 626. The summed E-state index contributed by atoms with van der Waals surface area (Å²) in [6, 6.07) is 4.77. The molecule has 2 rings (SSSR count). The zero-order chi connectivity index (χ0) is 14.0. The highest BCUT2D eigenvalue weighted by atomic mass is 35.5. The summed E-state index contributed by atoms with van der Waals surface area (Å²) in [4.78, 5) is 19.7. The molecule has 0 radical (unpaired) electrons. The van der Waals surface area contributed by atoms with E-state index in [0.29, 0.717) is 27.0 Å². The van der Waals surface area contributed by atoms with E-state index in [1.807, 2.05) is 0 Å². The van der Waals surface area contributed by atoms with Crippen LogP contribution in [0.3, 0.4) is 0 Å². The van der Waals surface area contributed by atoms with Gasteiger partial charge in [0.2, 0.25) is 5.28 Å². The van der Waals surface area contributed by atoms with Gasteiger partial charge in [-0.15, -0.1) is 0 Å². The Morgan fingerprint density at radius 2 is 1.79 bits per heavy atom. The topological polar surface area (TPSA) is 54.9 Å². The lowest BCUT2D eigenvalue weighted by molar-refractivity contribution is 0.102. The van der Waals surface area contributed by atoms with Crippen LogP contribution in [0.5, 0.6) is 0 Å². The van der Waals surface area contributed by atoms with Gasteiger partial charge in [-0.1, -0.05) is 23.2 Å². The minimum atomic E-state index is -0.354. The van der Waals surface area contributed by atoms with Gasteiger partial charge in [-0.25, -0.2) is 9.97 Å². The molecule has 0 fully saturated rings. The predicted molar refractivity (Wildman–Crippen MR) is 76.2 cm³/mol. The molecule has 2 aromatic rings. The fraction of sp³-hybridized carbons (Fsp3) is 0.0833. The molecule has 4 nitrogen and oxygen atoms in total. The molecule has 1 heterocycles. The molecule has 0 bridgehead atoms. The van der Waals surface area contributed by atoms with Gasteiger partial charge >= 0.3 is 0 Å². The highest BCUT2D eigenvalue weighted by Gasteiger charge is 2.12. The lowest BCUT2D eigenvalue weighted by atomic mass is 10.2. The fourth-order valence-electron chi connectivity index (χ4n) is 1.49. The number of benzene rings is 1. The van der Waals surface area contributed by atoms with Crippen molar-refractivity contribution in [2.45, 2.75) is 6.92 Å². The molecule has 1 aromatic heterocycles. The Morgan fingerprint density at radius 3 is 2.37 bits per heavy atom. The van der Waals surface area contributed by atoms with Crippen LogP contribution < -0.4 is 5.32 Å². The maximum Gasteiger partial charge on any atom is 0.259 e. The SMILES string of the molecule is Cc1nc(Cl)ncc1C(=O)Nc1cc(Cl)cc(Cl)c1. The summed E-state index contributed by atoms with van der Waals surface area (Å²) in [5.74, 6) is -0.354. The maximum absolute atomic E-state index is 12.0. The number of hydrogen-bond acceptors (Lipinski definition) is 3. The first kappa shape index (κ1) is 14.1. The monoisotopic (exact) mass is 315 g/mol. The van der Waals surface area contributed by atoms with Crippen LogP contribution in [0, 0.1) is 6.92 Å². The van der Waals surface area contributed by atoms with E-state index in [9.17, 15) is 4.79 Å². The van der Waals surface area contributed by atoms with Crippen LogP contribution in [0.1, 0.15) is 16.1 Å². The summed E-state index contributed by atoms with van der Waals surface area (Å²) in [5, 5.41) is 3.64. The third-order valence-corrected chi connectivity index (χ3v) is 2.93. The van der Waals surface area contributed by atoms with Gasteiger partial charge in [0.25, 0.3) is 5.91 Å². The second-order valence-corrected chi connectivity index (χ2v) is 4.96. The molecule has 0 aliphatic carbocycles. The lowest BCUT2D eigenvalue weighted by Crippen LogP contribution is -2.14. The molecule has 0 aliphatic rings. The highest BCUT2D eigenvalue weighted by molar-refractivity contribution is 6.35. The van der Waals surface area contributed by atoms with Crippen molar-refractivity contribution in [1.29, 1.82) is 0 Å². The van der Waals surface area contributed by atoms with Crippen molar-refractivity contribution in [3.8, 4) is 0 Å². The highest BCUT2D eigenvalue weighted by Crippen LogP contribution is 2.23. The molecule has 0 atom stereocenters. The number of rotatable bonds is 2. The first-order valence-corrected chi connectivity index (χ1v) is 6.35. The largest absolute Gasteiger partial charge is 0.322 e. The molecule has 0 aliphatic heterocycles. The van der Waals surface area contributed by atoms with Crippen LogP contribution >= 0.6 is 34.8 Å². The minimum absolute atomic E-state index is 0.0971. The second kappa shape index (κ2) is 5.74. The van der Waals surface area contributed by atoms with Crippen molar-refractivity contribution < 1.29 is 4.79 Å². The zero-order valence-electron chi connectivity index (χ0n) is 9.75. The van der Waals surface area contributed by atoms with E-state index in [-0.39, 0.29) is 11.2 Å². The summed E-state index contributed by atoms with van der Waals surface area (Å²) in [6.45, 7) is 1.67. The van der Waals surface area contributed by atoms with Crippen LogP contribution in [0.25, 0.3) is 0 Å². The standard InChI is InChI=1S/C12H8Cl3N3O/c1-6-10(5-16-12(15)17-6)11(19)18-9-3-7(13)2-8(14)4-9/h2-5H,1H3,(H,18,19). The van der Waals surface area contributed by atoms with E-state index in [4.69, 9.17) is 34.8 Å². The van der Waals surface area contributed by atoms with Gasteiger partial charge < -0.3 is 5.32 Å². The number of carbonyl (C=O) groups excluding carboxylic acids is 1. The number of halogens is 3. The average Bonchev–Trinajstić information content (AvgIpc) is 2.26. The number of aromatic nitrogens is 2. The quantitative estimate of drug-likeness (QED) is 0.852. The van der Waals surface area contributed by atoms with Crippen molar-refractivity contribution in [1.82, 2.24) is 9.97 Å². The van der Waals surface area contributed by atoms with Gasteiger partial charge in [0.05, 0.1) is 11.3 Å². The number of nitrogens with one attached hydrogen (secondary N) is 1. The van der Waals surface area contributed by atoms with Crippen LogP contribution in [0.4, 0.5) is 5.69 Å². The summed E-state index contributed by atoms with van der Waals surface area (Å²) in [7, 11) is 0. The van der Waals surface area contributed by atoms with Crippen molar-refractivity contribution >= 4 is 46.4 Å². The van der Waals surface area contributed by atoms with Gasteiger partial charge in [-0.2, -0.15) is 0 Å². The molecular weight excluding hydrogens is 309 g/mol. The molecular formula is C12H8Cl3N3O. The molecule has 7 heteroatoms. The third kappa shape index (κ3) is 3.56. The van der Waals surface area contributed by atoms with E-state index in [0.717, 1.165) is 0 Å². The first-order chi connectivity index (χ1) is 8.95. The Balaban J connectivity index is 2.25. The number of aryl methyl sites for hydroxylation is 1. The third-order valence-electron chi connectivity index (χ3n) is 2.31. The van der Waals surface area contributed by atoms with Gasteiger partial charge in [-0.3, -0.25) is 4.79 Å². The molecule has 1 aromatic carbocycles. The van der Waals surface area contributed by atoms with Crippen molar-refractivity contribution in [3.63, 3.8) is 0 Å². The minimum Gasteiger partial charge on any atom is -0.322 e. The Kier molecular flexibility index (Phi) is 4.24. The number of amides is 1. The fourth-order valence-corrected chi connectivity index (χ4v) is 2.19. The van der Waals surface area contributed by atoms with E-state index in [2.05, 4.69) is 15.3 Å². The normalized spacial score (nSPS) is 10.3. The first-order valence-electron chi connectivity index (χ1n) is 5.22. The van der Waals surface area contributed by atoms with Gasteiger partial charge in [0.15, 0.2) is 0 Å². The predicted octanol–water partition coefficient (Wildman–Crippen LogP) is 4.00. The van der Waals surface area contributed by atoms with E-state index in [1.54, 1.807) is 25.1 Å². The molecule has 1 amide bonds. The molecule has 1 N–H and O–H groups in total. The number of hydrogen-bond donors (Lipinski definition) is 1. The molecule has 0 saturated heterocycles. The molecule has 0 saturated carbocycles. The van der Waals surface area contributed by atoms with Crippen molar-refractivity contribution in [2.75, 3.05) is 5.32 Å². The summed E-state index contributed by atoms with van der Waals surface area (Å²) in [5.41, 5.74) is 1.32. The molecule has 19 heavy (non-hydrogen) atoms. The number of anilines is 1. The Morgan fingerprint density at radius 1 is 1.16 bits per heavy atom.